The summed E-state index contributed by atoms with van der Waals surface area (Å²) < 4.78 is 19.4. The van der Waals surface area contributed by atoms with Gasteiger partial charge in [0.05, 0.1) is 0 Å². The van der Waals surface area contributed by atoms with Crippen molar-refractivity contribution < 1.29 is 13.6 Å². The Morgan fingerprint density at radius 3 is 1.02 bits per heavy atom. The third-order valence-corrected chi connectivity index (χ3v) is 11.7. The van der Waals surface area contributed by atoms with E-state index < -0.39 is 15.8 Å². The van der Waals surface area contributed by atoms with Crippen LogP contribution in [-0.4, -0.2) is 35.6 Å². The van der Waals surface area contributed by atoms with E-state index in [0.29, 0.717) is 6.54 Å². The average molecular weight is 712 g/mol. The summed E-state index contributed by atoms with van der Waals surface area (Å²) in [5, 5.41) is 0. The lowest BCUT2D eigenvalue weighted by molar-refractivity contribution is -0.198. The van der Waals surface area contributed by atoms with E-state index >= 15 is 0 Å². The molecule has 1 unspecified atom stereocenters. The van der Waals surface area contributed by atoms with Gasteiger partial charge < -0.3 is 19.3 Å². The maximum Gasteiger partial charge on any atom is 0.307 e. The Kier molecular flexibility index (Phi) is 42.5. The van der Waals surface area contributed by atoms with Crippen molar-refractivity contribution in [2.45, 2.75) is 264 Å². The van der Waals surface area contributed by atoms with Crippen LogP contribution in [-0.2, 0) is 13.6 Å². The molecule has 0 amide bonds. The fraction of sp³-hybridized carbons (Fsp3) is 1.00. The summed E-state index contributed by atoms with van der Waals surface area (Å²) in [7, 11) is -1.08. The van der Waals surface area contributed by atoms with Crippen LogP contribution in [0, 0.1) is 0 Å². The van der Waals surface area contributed by atoms with Crippen molar-refractivity contribution in [2.24, 2.45) is 5.73 Å². The first-order valence-electron chi connectivity index (χ1n) is 22.8. The maximum atomic E-state index is 6.62. The molecule has 296 valence electrons. The zero-order chi connectivity index (χ0) is 35.6. The van der Waals surface area contributed by atoms with Crippen molar-refractivity contribution in [2.75, 3.05) is 19.8 Å². The molecule has 0 rings (SSSR count). The lowest BCUT2D eigenvalue weighted by Crippen LogP contribution is -2.40. The fourth-order valence-corrected chi connectivity index (χ4v) is 8.18. The quantitative estimate of drug-likeness (QED) is 0.0388. The van der Waals surface area contributed by atoms with Gasteiger partial charge in [0.25, 0.3) is 0 Å². The molecule has 0 aromatic rings. The maximum absolute atomic E-state index is 6.62. The van der Waals surface area contributed by atoms with Crippen LogP contribution in [0.2, 0.25) is 0 Å². The Morgan fingerprint density at radius 2 is 0.673 bits per heavy atom. The molecule has 49 heavy (non-hydrogen) atoms. The number of unbranched alkanes of at least 4 members (excludes halogenated alkanes) is 32. The number of rotatable bonds is 44. The van der Waals surface area contributed by atoms with E-state index in [9.17, 15) is 0 Å². The van der Waals surface area contributed by atoms with Crippen LogP contribution >= 0.6 is 0 Å². The molecule has 5 heteroatoms. The zero-order valence-electron chi connectivity index (χ0n) is 34.3. The van der Waals surface area contributed by atoms with Crippen LogP contribution in [0.4, 0.5) is 0 Å². The van der Waals surface area contributed by atoms with Crippen molar-refractivity contribution in [1.82, 2.24) is 0 Å². The van der Waals surface area contributed by atoms with Gasteiger partial charge in [-0.15, -0.1) is 0 Å². The molecule has 1 atom stereocenters. The number of hydrogen-bond donors (Lipinski definition) is 1. The molecule has 0 aromatic heterocycles. The third-order valence-electron chi connectivity index (χ3n) is 10.6. The highest BCUT2D eigenvalue weighted by Crippen LogP contribution is 2.27. The van der Waals surface area contributed by atoms with Gasteiger partial charge >= 0.3 is 10.0 Å². The minimum Gasteiger partial charge on any atom is -0.399 e. The van der Waals surface area contributed by atoms with Crippen molar-refractivity contribution >= 4 is 10.0 Å². The second-order valence-electron chi connectivity index (χ2n) is 15.5. The molecule has 0 heterocycles. The first-order chi connectivity index (χ1) is 24.2. The second-order valence-corrected chi connectivity index (χ2v) is 16.5. The highest BCUT2D eigenvalue weighted by Gasteiger charge is 2.30. The SMILES string of the molecule is CCCCCCCCCCCCCCCCO[SiH2]OC(CCN)(CCCCCCCCCCCCC)OCCCCCCCCCCCC. The van der Waals surface area contributed by atoms with E-state index in [-0.39, 0.29) is 0 Å². The molecular formula is C44H93NO3Si. The summed E-state index contributed by atoms with van der Waals surface area (Å²) in [4.78, 5) is 0. The summed E-state index contributed by atoms with van der Waals surface area (Å²) >= 11 is 0. The van der Waals surface area contributed by atoms with Gasteiger partial charge in [0.2, 0.25) is 0 Å². The van der Waals surface area contributed by atoms with Crippen molar-refractivity contribution in [3.8, 4) is 0 Å². The van der Waals surface area contributed by atoms with Gasteiger partial charge in [-0.2, -0.15) is 0 Å². The minimum absolute atomic E-state index is 0.519. The Balaban J connectivity index is 4.26. The zero-order valence-corrected chi connectivity index (χ0v) is 35.7. The summed E-state index contributed by atoms with van der Waals surface area (Å²) in [6.07, 6.45) is 49.6. The first kappa shape index (κ1) is 49.1. The average Bonchev–Trinajstić information content (AvgIpc) is 3.11. The monoisotopic (exact) mass is 712 g/mol. The van der Waals surface area contributed by atoms with Crippen molar-refractivity contribution in [1.29, 1.82) is 0 Å². The molecular weight excluding hydrogens is 619 g/mol. The van der Waals surface area contributed by atoms with E-state index in [0.717, 1.165) is 38.9 Å². The predicted molar refractivity (Wildman–Crippen MR) is 221 cm³/mol. The molecule has 0 radical (unpaired) electrons. The van der Waals surface area contributed by atoms with Gasteiger partial charge in [0.1, 0.15) is 0 Å². The predicted octanol–water partition coefficient (Wildman–Crippen LogP) is 14.2. The Morgan fingerprint density at radius 1 is 0.367 bits per heavy atom. The van der Waals surface area contributed by atoms with Gasteiger partial charge in [-0.3, -0.25) is 0 Å². The summed E-state index contributed by atoms with van der Waals surface area (Å²) in [5.74, 6) is -0.519. The first-order valence-corrected chi connectivity index (χ1v) is 24.0. The van der Waals surface area contributed by atoms with Gasteiger partial charge in [-0.1, -0.05) is 226 Å². The summed E-state index contributed by atoms with van der Waals surface area (Å²) in [6.45, 7) is 9.15. The molecule has 0 saturated carbocycles. The number of ether oxygens (including phenoxy) is 1. The normalized spacial score (nSPS) is 13.2. The third kappa shape index (κ3) is 37.6. The summed E-state index contributed by atoms with van der Waals surface area (Å²) in [6, 6.07) is 0. The van der Waals surface area contributed by atoms with E-state index in [1.54, 1.807) is 0 Å². The van der Waals surface area contributed by atoms with E-state index in [1.165, 1.54) is 212 Å². The Hall–Kier alpha value is 0.0569. The highest BCUT2D eigenvalue weighted by molar-refractivity contribution is 6.18. The molecule has 0 fully saturated rings. The highest BCUT2D eigenvalue weighted by atomic mass is 28.3. The summed E-state index contributed by atoms with van der Waals surface area (Å²) in [5.41, 5.74) is 6.15. The van der Waals surface area contributed by atoms with Crippen LogP contribution in [0.25, 0.3) is 0 Å². The van der Waals surface area contributed by atoms with Crippen molar-refractivity contribution in [3.05, 3.63) is 0 Å². The Bertz CT molecular complexity index is 567. The number of hydrogen-bond acceptors (Lipinski definition) is 4. The lowest BCUT2D eigenvalue weighted by Gasteiger charge is -2.34. The molecule has 0 saturated heterocycles. The molecule has 0 bridgehead atoms. The van der Waals surface area contributed by atoms with Crippen LogP contribution in [0.3, 0.4) is 0 Å². The Labute approximate surface area is 312 Å². The van der Waals surface area contributed by atoms with Gasteiger partial charge in [0, 0.05) is 26.1 Å². The molecule has 0 spiro atoms. The van der Waals surface area contributed by atoms with Gasteiger partial charge in [-0.25, -0.2) is 0 Å². The molecule has 0 aliphatic rings. The standard InChI is InChI=1S/C44H93NO3Si/c1-4-7-10-13-16-19-22-23-24-26-29-32-35-38-43-47-49-48-44(40-41-45,39-36-33-30-27-25-20-17-14-11-8-5-2)46-42-37-34-31-28-21-18-15-12-9-6-3/h4-43,45,49H2,1-3H3. The lowest BCUT2D eigenvalue weighted by atomic mass is 10.0. The van der Waals surface area contributed by atoms with Crippen molar-refractivity contribution in [3.63, 3.8) is 0 Å². The van der Waals surface area contributed by atoms with Crippen LogP contribution in [0.1, 0.15) is 258 Å². The van der Waals surface area contributed by atoms with E-state index in [1.807, 2.05) is 0 Å². The van der Waals surface area contributed by atoms with Crippen LogP contribution in [0.5, 0.6) is 0 Å². The second kappa shape index (κ2) is 42.5. The fourth-order valence-electron chi connectivity index (χ4n) is 7.19. The van der Waals surface area contributed by atoms with Gasteiger partial charge in [0.15, 0.2) is 5.79 Å². The smallest absolute Gasteiger partial charge is 0.307 e. The largest absolute Gasteiger partial charge is 0.399 e. The van der Waals surface area contributed by atoms with E-state index in [2.05, 4.69) is 20.8 Å². The van der Waals surface area contributed by atoms with Gasteiger partial charge in [-0.05, 0) is 25.8 Å². The molecule has 0 aromatic carbocycles. The number of nitrogens with two attached hydrogens (primary N) is 1. The van der Waals surface area contributed by atoms with Crippen LogP contribution < -0.4 is 5.73 Å². The van der Waals surface area contributed by atoms with E-state index in [4.69, 9.17) is 19.3 Å². The molecule has 4 nitrogen and oxygen atoms in total. The topological polar surface area (TPSA) is 53.7 Å². The minimum atomic E-state index is -1.08. The molecule has 0 aliphatic heterocycles. The molecule has 2 N–H and O–H groups in total. The molecule has 0 aliphatic carbocycles. The van der Waals surface area contributed by atoms with Crippen LogP contribution in [0.15, 0.2) is 0 Å².